The fourth-order valence-electron chi connectivity index (χ4n) is 1.75. The molecular formula is C15H18F2N4. The van der Waals surface area contributed by atoms with Crippen LogP contribution >= 0.6 is 0 Å². The van der Waals surface area contributed by atoms with Crippen LogP contribution in [0.2, 0.25) is 0 Å². The second kappa shape index (κ2) is 6.47. The van der Waals surface area contributed by atoms with E-state index >= 15 is 0 Å². The van der Waals surface area contributed by atoms with E-state index in [-0.39, 0.29) is 11.7 Å². The molecule has 0 aliphatic heterocycles. The zero-order valence-electron chi connectivity index (χ0n) is 12.2. The van der Waals surface area contributed by atoms with Crippen LogP contribution in [0.25, 0.3) is 0 Å². The summed E-state index contributed by atoms with van der Waals surface area (Å²) in [4.78, 5) is 8.57. The van der Waals surface area contributed by atoms with Gasteiger partial charge in [0.05, 0.1) is 5.69 Å². The maximum Gasteiger partial charge on any atom is 0.225 e. The van der Waals surface area contributed by atoms with Crippen molar-refractivity contribution in [3.63, 3.8) is 0 Å². The van der Waals surface area contributed by atoms with E-state index in [2.05, 4.69) is 27.5 Å². The minimum Gasteiger partial charge on any atom is -0.352 e. The SMILES string of the molecule is CCC(C)Nc1nc(C)cc(Nc2ccc(F)cc2F)n1. The van der Waals surface area contributed by atoms with Crippen LogP contribution in [-0.2, 0) is 0 Å². The van der Waals surface area contributed by atoms with Crippen molar-refractivity contribution in [1.29, 1.82) is 0 Å². The first kappa shape index (κ1) is 15.2. The highest BCUT2D eigenvalue weighted by atomic mass is 19.1. The zero-order valence-corrected chi connectivity index (χ0v) is 12.2. The number of anilines is 3. The number of benzene rings is 1. The largest absolute Gasteiger partial charge is 0.352 e. The third-order valence-electron chi connectivity index (χ3n) is 3.04. The predicted molar refractivity (Wildman–Crippen MR) is 79.8 cm³/mol. The molecule has 0 aliphatic rings. The summed E-state index contributed by atoms with van der Waals surface area (Å²) >= 11 is 0. The van der Waals surface area contributed by atoms with E-state index in [0.717, 1.165) is 18.2 Å². The van der Waals surface area contributed by atoms with Crippen molar-refractivity contribution >= 4 is 17.5 Å². The molecule has 1 heterocycles. The first-order valence-electron chi connectivity index (χ1n) is 6.82. The second-order valence-corrected chi connectivity index (χ2v) is 4.92. The molecule has 1 atom stereocenters. The lowest BCUT2D eigenvalue weighted by Gasteiger charge is -2.13. The van der Waals surface area contributed by atoms with Gasteiger partial charge in [0.15, 0.2) is 0 Å². The summed E-state index contributed by atoms with van der Waals surface area (Å²) in [5, 5.41) is 6.01. The standard InChI is InChI=1S/C15H18F2N4/c1-4-9(2)18-15-19-10(3)7-14(21-15)20-13-6-5-11(16)8-12(13)17/h5-9H,4H2,1-3H3,(H2,18,19,20,21). The summed E-state index contributed by atoms with van der Waals surface area (Å²) in [5.74, 6) is -0.341. The van der Waals surface area contributed by atoms with E-state index in [1.165, 1.54) is 12.1 Å². The molecular weight excluding hydrogens is 274 g/mol. The van der Waals surface area contributed by atoms with Gasteiger partial charge in [-0.25, -0.2) is 13.8 Å². The highest BCUT2D eigenvalue weighted by molar-refractivity contribution is 5.58. The molecule has 0 aliphatic carbocycles. The fourth-order valence-corrected chi connectivity index (χ4v) is 1.75. The fraction of sp³-hybridized carbons (Fsp3) is 0.333. The highest BCUT2D eigenvalue weighted by Gasteiger charge is 2.08. The quantitative estimate of drug-likeness (QED) is 0.874. The molecule has 0 amide bonds. The summed E-state index contributed by atoms with van der Waals surface area (Å²) < 4.78 is 26.5. The number of hydrogen-bond acceptors (Lipinski definition) is 4. The summed E-state index contributed by atoms with van der Waals surface area (Å²) in [6.07, 6.45) is 0.937. The molecule has 0 saturated carbocycles. The van der Waals surface area contributed by atoms with Gasteiger partial charge in [-0.1, -0.05) is 6.92 Å². The van der Waals surface area contributed by atoms with Crippen molar-refractivity contribution in [2.75, 3.05) is 10.6 Å². The lowest BCUT2D eigenvalue weighted by molar-refractivity contribution is 0.586. The van der Waals surface area contributed by atoms with E-state index in [1.54, 1.807) is 6.07 Å². The maximum absolute atomic E-state index is 13.6. The van der Waals surface area contributed by atoms with Crippen LogP contribution in [0.15, 0.2) is 24.3 Å². The van der Waals surface area contributed by atoms with Crippen molar-refractivity contribution in [2.45, 2.75) is 33.2 Å². The van der Waals surface area contributed by atoms with Crippen molar-refractivity contribution in [2.24, 2.45) is 0 Å². The van der Waals surface area contributed by atoms with Gasteiger partial charge >= 0.3 is 0 Å². The molecule has 4 nitrogen and oxygen atoms in total. The topological polar surface area (TPSA) is 49.8 Å². The van der Waals surface area contributed by atoms with Gasteiger partial charge in [0, 0.05) is 23.9 Å². The first-order chi connectivity index (χ1) is 9.97. The average Bonchev–Trinajstić information content (AvgIpc) is 2.41. The minimum absolute atomic E-state index is 0.170. The number of nitrogens with zero attached hydrogens (tertiary/aromatic N) is 2. The third kappa shape index (κ3) is 4.11. The Morgan fingerprint density at radius 1 is 1.19 bits per heavy atom. The number of rotatable bonds is 5. The van der Waals surface area contributed by atoms with E-state index in [0.29, 0.717) is 11.8 Å². The zero-order chi connectivity index (χ0) is 15.4. The van der Waals surface area contributed by atoms with Gasteiger partial charge < -0.3 is 10.6 Å². The van der Waals surface area contributed by atoms with Crippen molar-refractivity contribution in [1.82, 2.24) is 9.97 Å². The summed E-state index contributed by atoms with van der Waals surface area (Å²) in [7, 11) is 0. The predicted octanol–water partition coefficient (Wildman–Crippen LogP) is 4.02. The van der Waals surface area contributed by atoms with Gasteiger partial charge in [0.25, 0.3) is 0 Å². The Labute approximate surface area is 122 Å². The smallest absolute Gasteiger partial charge is 0.225 e. The summed E-state index contributed by atoms with van der Waals surface area (Å²) in [6, 6.07) is 5.29. The molecule has 2 N–H and O–H groups in total. The Bertz CT molecular complexity index is 631. The first-order valence-corrected chi connectivity index (χ1v) is 6.82. The molecule has 1 aromatic heterocycles. The Morgan fingerprint density at radius 2 is 1.95 bits per heavy atom. The monoisotopic (exact) mass is 292 g/mol. The number of halogens is 2. The molecule has 1 aromatic carbocycles. The van der Waals surface area contributed by atoms with Gasteiger partial charge in [-0.2, -0.15) is 4.98 Å². The van der Waals surface area contributed by atoms with Crippen LogP contribution in [0.4, 0.5) is 26.2 Å². The van der Waals surface area contributed by atoms with Crippen LogP contribution in [0, 0.1) is 18.6 Å². The van der Waals surface area contributed by atoms with Crippen molar-refractivity contribution in [3.8, 4) is 0 Å². The molecule has 0 saturated heterocycles. The Kier molecular flexibility index (Phi) is 4.67. The molecule has 112 valence electrons. The van der Waals surface area contributed by atoms with E-state index in [9.17, 15) is 8.78 Å². The van der Waals surface area contributed by atoms with Crippen LogP contribution in [0.3, 0.4) is 0 Å². The van der Waals surface area contributed by atoms with Gasteiger partial charge in [0.1, 0.15) is 17.5 Å². The normalized spacial score (nSPS) is 12.0. The number of nitrogens with one attached hydrogen (secondary N) is 2. The molecule has 0 bridgehead atoms. The van der Waals surface area contributed by atoms with Crippen LogP contribution in [-0.4, -0.2) is 16.0 Å². The molecule has 21 heavy (non-hydrogen) atoms. The average molecular weight is 292 g/mol. The Balaban J connectivity index is 2.23. The molecule has 0 fully saturated rings. The Hall–Kier alpha value is -2.24. The number of aromatic nitrogens is 2. The minimum atomic E-state index is -0.664. The molecule has 0 radical (unpaired) electrons. The lowest BCUT2D eigenvalue weighted by Crippen LogP contribution is -2.16. The van der Waals surface area contributed by atoms with Gasteiger partial charge in [-0.05, 0) is 32.4 Å². The van der Waals surface area contributed by atoms with Gasteiger partial charge in [-0.15, -0.1) is 0 Å². The summed E-state index contributed by atoms with van der Waals surface area (Å²) in [5.41, 5.74) is 0.921. The molecule has 0 spiro atoms. The van der Waals surface area contributed by atoms with Gasteiger partial charge in [-0.3, -0.25) is 0 Å². The van der Waals surface area contributed by atoms with Crippen molar-refractivity contribution < 1.29 is 8.78 Å². The van der Waals surface area contributed by atoms with Crippen molar-refractivity contribution in [3.05, 3.63) is 41.6 Å². The lowest BCUT2D eigenvalue weighted by atomic mass is 10.3. The molecule has 2 rings (SSSR count). The molecule has 2 aromatic rings. The highest BCUT2D eigenvalue weighted by Crippen LogP contribution is 2.20. The van der Waals surface area contributed by atoms with E-state index in [4.69, 9.17) is 0 Å². The second-order valence-electron chi connectivity index (χ2n) is 4.92. The van der Waals surface area contributed by atoms with E-state index < -0.39 is 11.6 Å². The number of hydrogen-bond donors (Lipinski definition) is 2. The van der Waals surface area contributed by atoms with E-state index in [1.807, 2.05) is 13.8 Å². The third-order valence-corrected chi connectivity index (χ3v) is 3.04. The maximum atomic E-state index is 13.6. The Morgan fingerprint density at radius 3 is 2.62 bits per heavy atom. The van der Waals surface area contributed by atoms with Crippen LogP contribution < -0.4 is 10.6 Å². The molecule has 6 heteroatoms. The van der Waals surface area contributed by atoms with Crippen LogP contribution in [0.1, 0.15) is 26.0 Å². The molecule has 1 unspecified atom stereocenters. The summed E-state index contributed by atoms with van der Waals surface area (Å²) in [6.45, 7) is 5.91. The number of aryl methyl sites for hydroxylation is 1. The van der Waals surface area contributed by atoms with Gasteiger partial charge in [0.2, 0.25) is 5.95 Å². The van der Waals surface area contributed by atoms with Crippen LogP contribution in [0.5, 0.6) is 0 Å².